The Labute approximate surface area is 120 Å². The number of aromatic nitrogens is 1. The highest BCUT2D eigenvalue weighted by atomic mass is 79.9. The number of rotatable bonds is 4. The predicted molar refractivity (Wildman–Crippen MR) is 79.7 cm³/mol. The van der Waals surface area contributed by atoms with Gasteiger partial charge in [-0.05, 0) is 46.1 Å². The highest BCUT2D eigenvalue weighted by Crippen LogP contribution is 2.35. The first kappa shape index (κ1) is 13.6. The molecule has 0 bridgehead atoms. The van der Waals surface area contributed by atoms with Crippen LogP contribution in [0.25, 0.3) is 0 Å². The van der Waals surface area contributed by atoms with Crippen LogP contribution in [0.4, 0.5) is 0 Å². The van der Waals surface area contributed by atoms with Crippen molar-refractivity contribution < 1.29 is 0 Å². The van der Waals surface area contributed by atoms with Gasteiger partial charge in [-0.3, -0.25) is 0 Å². The molecule has 4 heteroatoms. The largest absolute Gasteiger partial charge is 0.324 e. The normalized spacial score (nSPS) is 12.4. The number of nitrogens with zero attached hydrogens (tertiary/aromatic N) is 1. The van der Waals surface area contributed by atoms with E-state index in [4.69, 9.17) is 5.73 Å². The zero-order chi connectivity index (χ0) is 13.0. The van der Waals surface area contributed by atoms with Crippen LogP contribution in [0.2, 0.25) is 0 Å². The lowest BCUT2D eigenvalue weighted by Gasteiger charge is -2.14. The van der Waals surface area contributed by atoms with Crippen molar-refractivity contribution in [2.45, 2.75) is 29.3 Å². The lowest BCUT2D eigenvalue weighted by atomic mass is 10.1. The molecule has 0 spiro atoms. The molecule has 2 N–H and O–H groups in total. The Hall–Kier alpha value is -0.840. The molecular formula is C14H15BrN2S. The maximum atomic E-state index is 6.14. The van der Waals surface area contributed by atoms with E-state index in [1.165, 1.54) is 10.5 Å². The van der Waals surface area contributed by atoms with Crippen LogP contribution < -0.4 is 5.73 Å². The van der Waals surface area contributed by atoms with Gasteiger partial charge in [0.1, 0.15) is 5.03 Å². The van der Waals surface area contributed by atoms with E-state index in [1.807, 2.05) is 24.3 Å². The molecule has 0 aliphatic rings. The second kappa shape index (κ2) is 6.36. The van der Waals surface area contributed by atoms with Gasteiger partial charge in [0.25, 0.3) is 0 Å². The molecule has 1 atom stereocenters. The second-order valence-electron chi connectivity index (χ2n) is 3.95. The molecule has 2 aromatic rings. The van der Waals surface area contributed by atoms with Crippen LogP contribution in [-0.4, -0.2) is 4.98 Å². The van der Waals surface area contributed by atoms with Gasteiger partial charge in [0, 0.05) is 17.1 Å². The summed E-state index contributed by atoms with van der Waals surface area (Å²) in [5.74, 6) is 0. The van der Waals surface area contributed by atoms with Crippen molar-refractivity contribution >= 4 is 27.7 Å². The molecule has 1 heterocycles. The van der Waals surface area contributed by atoms with Crippen molar-refractivity contribution in [3.63, 3.8) is 0 Å². The van der Waals surface area contributed by atoms with E-state index < -0.39 is 0 Å². The Kier molecular flexibility index (Phi) is 4.80. The van der Waals surface area contributed by atoms with Crippen LogP contribution in [0.15, 0.2) is 57.0 Å². The molecule has 0 amide bonds. The summed E-state index contributed by atoms with van der Waals surface area (Å²) in [6.45, 7) is 2.10. The van der Waals surface area contributed by atoms with Crippen LogP contribution in [0.1, 0.15) is 24.9 Å². The monoisotopic (exact) mass is 322 g/mol. The van der Waals surface area contributed by atoms with Gasteiger partial charge >= 0.3 is 0 Å². The molecule has 18 heavy (non-hydrogen) atoms. The Morgan fingerprint density at radius 1 is 1.28 bits per heavy atom. The fourth-order valence-electron chi connectivity index (χ4n) is 1.65. The lowest BCUT2D eigenvalue weighted by molar-refractivity contribution is 0.685. The first-order valence-corrected chi connectivity index (χ1v) is 7.46. The standard InChI is InChI=1S/C14H15BrN2S/c1-2-12(16)10-6-3-4-8-13(10)18-14-11(15)7-5-9-17-14/h3-9,12H,2,16H2,1H3/t12-/m1/s1. The van der Waals surface area contributed by atoms with Crippen LogP contribution in [-0.2, 0) is 0 Å². The van der Waals surface area contributed by atoms with Gasteiger partial charge in [0.2, 0.25) is 0 Å². The van der Waals surface area contributed by atoms with E-state index >= 15 is 0 Å². The van der Waals surface area contributed by atoms with Crippen LogP contribution >= 0.6 is 27.7 Å². The van der Waals surface area contributed by atoms with Crippen molar-refractivity contribution in [2.24, 2.45) is 5.73 Å². The molecule has 0 saturated heterocycles. The smallest absolute Gasteiger partial charge is 0.115 e. The molecule has 94 valence electrons. The molecular weight excluding hydrogens is 308 g/mol. The van der Waals surface area contributed by atoms with Gasteiger partial charge in [-0.25, -0.2) is 4.98 Å². The van der Waals surface area contributed by atoms with E-state index in [2.05, 4.69) is 40.0 Å². The Balaban J connectivity index is 2.32. The molecule has 0 fully saturated rings. The summed E-state index contributed by atoms with van der Waals surface area (Å²) in [4.78, 5) is 5.55. The minimum Gasteiger partial charge on any atom is -0.324 e. The quantitative estimate of drug-likeness (QED) is 0.906. The van der Waals surface area contributed by atoms with Crippen molar-refractivity contribution in [1.82, 2.24) is 4.98 Å². The number of hydrogen-bond donors (Lipinski definition) is 1. The molecule has 1 aromatic carbocycles. The first-order chi connectivity index (χ1) is 8.72. The predicted octanol–water partition coefficient (Wildman–Crippen LogP) is 4.41. The maximum Gasteiger partial charge on any atom is 0.115 e. The second-order valence-corrected chi connectivity index (χ2v) is 5.83. The molecule has 2 nitrogen and oxygen atoms in total. The molecule has 2 rings (SSSR count). The topological polar surface area (TPSA) is 38.9 Å². The molecule has 0 aliphatic carbocycles. The zero-order valence-corrected chi connectivity index (χ0v) is 12.5. The Morgan fingerprint density at radius 3 is 2.78 bits per heavy atom. The number of hydrogen-bond acceptors (Lipinski definition) is 3. The fraction of sp³-hybridized carbons (Fsp3) is 0.214. The average molecular weight is 323 g/mol. The minimum absolute atomic E-state index is 0.0798. The highest BCUT2D eigenvalue weighted by Gasteiger charge is 2.11. The number of pyridine rings is 1. The van der Waals surface area contributed by atoms with Crippen LogP contribution in [0.5, 0.6) is 0 Å². The van der Waals surface area contributed by atoms with Gasteiger partial charge in [-0.2, -0.15) is 0 Å². The van der Waals surface area contributed by atoms with Crippen molar-refractivity contribution in [2.75, 3.05) is 0 Å². The third kappa shape index (κ3) is 3.13. The summed E-state index contributed by atoms with van der Waals surface area (Å²) in [7, 11) is 0. The summed E-state index contributed by atoms with van der Waals surface area (Å²) < 4.78 is 1.01. The van der Waals surface area contributed by atoms with Crippen LogP contribution in [0.3, 0.4) is 0 Å². The number of nitrogens with two attached hydrogens (primary N) is 1. The Bertz CT molecular complexity index is 531. The molecule has 1 aromatic heterocycles. The van der Waals surface area contributed by atoms with Gasteiger partial charge in [0.05, 0.1) is 4.47 Å². The molecule has 0 radical (unpaired) electrons. The average Bonchev–Trinajstić information content (AvgIpc) is 2.41. The van der Waals surface area contributed by atoms with Gasteiger partial charge in [-0.15, -0.1) is 0 Å². The lowest BCUT2D eigenvalue weighted by Crippen LogP contribution is -2.09. The van der Waals surface area contributed by atoms with Gasteiger partial charge < -0.3 is 5.73 Å². The summed E-state index contributed by atoms with van der Waals surface area (Å²) in [6, 6.07) is 12.2. The fourth-order valence-corrected chi connectivity index (χ4v) is 3.12. The summed E-state index contributed by atoms with van der Waals surface area (Å²) >= 11 is 5.16. The zero-order valence-electron chi connectivity index (χ0n) is 10.1. The maximum absolute atomic E-state index is 6.14. The highest BCUT2D eigenvalue weighted by molar-refractivity contribution is 9.10. The third-order valence-corrected chi connectivity index (χ3v) is 4.70. The molecule has 0 saturated carbocycles. The van der Waals surface area contributed by atoms with Crippen molar-refractivity contribution in [1.29, 1.82) is 0 Å². The molecule has 0 unspecified atom stereocenters. The Morgan fingerprint density at radius 2 is 2.06 bits per heavy atom. The van der Waals surface area contributed by atoms with E-state index in [0.717, 1.165) is 15.9 Å². The number of halogens is 1. The SMILES string of the molecule is CC[C@@H](N)c1ccccc1Sc1ncccc1Br. The third-order valence-electron chi connectivity index (χ3n) is 2.69. The van der Waals surface area contributed by atoms with E-state index in [1.54, 1.807) is 18.0 Å². The summed E-state index contributed by atoms with van der Waals surface area (Å²) in [5.41, 5.74) is 7.32. The van der Waals surface area contributed by atoms with E-state index in [-0.39, 0.29) is 6.04 Å². The summed E-state index contributed by atoms with van der Waals surface area (Å²) in [6.07, 6.45) is 2.73. The van der Waals surface area contributed by atoms with E-state index in [9.17, 15) is 0 Å². The van der Waals surface area contributed by atoms with Crippen LogP contribution in [0, 0.1) is 0 Å². The van der Waals surface area contributed by atoms with Crippen molar-refractivity contribution in [3.8, 4) is 0 Å². The minimum atomic E-state index is 0.0798. The van der Waals surface area contributed by atoms with E-state index in [0.29, 0.717) is 0 Å². The summed E-state index contributed by atoms with van der Waals surface area (Å²) in [5, 5.41) is 0.966. The van der Waals surface area contributed by atoms with Gasteiger partial charge in [0.15, 0.2) is 0 Å². The molecule has 0 aliphatic heterocycles. The first-order valence-electron chi connectivity index (χ1n) is 5.85. The van der Waals surface area contributed by atoms with Crippen molar-refractivity contribution in [3.05, 3.63) is 52.6 Å². The van der Waals surface area contributed by atoms with Gasteiger partial charge in [-0.1, -0.05) is 36.9 Å². The number of benzene rings is 1.